The Bertz CT molecular complexity index is 1230. The summed E-state index contributed by atoms with van der Waals surface area (Å²) in [5, 5.41) is 16.5. The van der Waals surface area contributed by atoms with E-state index < -0.39 is 23.6 Å². The van der Waals surface area contributed by atoms with E-state index in [0.717, 1.165) is 25.7 Å². The lowest BCUT2D eigenvalue weighted by molar-refractivity contribution is -0.128. The first-order valence-electron chi connectivity index (χ1n) is 12.6. The van der Waals surface area contributed by atoms with Crippen molar-refractivity contribution >= 4 is 0 Å². The normalized spacial score (nSPS) is 23.9. The van der Waals surface area contributed by atoms with E-state index in [-0.39, 0.29) is 17.5 Å². The molecule has 10 heteroatoms. The van der Waals surface area contributed by atoms with Crippen molar-refractivity contribution in [3.8, 4) is 11.4 Å². The second kappa shape index (κ2) is 9.49. The minimum Gasteiger partial charge on any atom is -0.380 e. The van der Waals surface area contributed by atoms with E-state index in [1.807, 2.05) is 14.0 Å². The Morgan fingerprint density at radius 3 is 2.38 bits per heavy atom. The molecule has 3 N–H and O–H groups in total. The van der Waals surface area contributed by atoms with Gasteiger partial charge in [0.1, 0.15) is 5.60 Å². The topological polar surface area (TPSA) is 101 Å². The van der Waals surface area contributed by atoms with Crippen molar-refractivity contribution in [3.05, 3.63) is 65.3 Å². The molecule has 2 aromatic heterocycles. The van der Waals surface area contributed by atoms with Crippen LogP contribution >= 0.6 is 0 Å². The lowest BCUT2D eigenvalue weighted by atomic mass is 9.62. The van der Waals surface area contributed by atoms with Crippen LogP contribution in [0.4, 0.5) is 13.2 Å². The van der Waals surface area contributed by atoms with Crippen molar-refractivity contribution in [2.24, 2.45) is 11.1 Å². The summed E-state index contributed by atoms with van der Waals surface area (Å²) >= 11 is 0. The van der Waals surface area contributed by atoms with Gasteiger partial charge in [-0.2, -0.15) is 18.2 Å². The summed E-state index contributed by atoms with van der Waals surface area (Å²) in [4.78, 5) is 11.1. The van der Waals surface area contributed by atoms with E-state index in [0.29, 0.717) is 41.5 Å². The third-order valence-electron chi connectivity index (χ3n) is 7.86. The van der Waals surface area contributed by atoms with E-state index in [4.69, 9.17) is 10.3 Å². The Labute approximate surface area is 213 Å². The fraction of sp³-hybridized carbons (Fsp3) is 0.519. The number of pyridine rings is 1. The predicted molar refractivity (Wildman–Crippen MR) is 132 cm³/mol. The lowest BCUT2D eigenvalue weighted by Crippen LogP contribution is -2.63. The number of likely N-dealkylation sites (tertiary alicyclic amines) is 1. The van der Waals surface area contributed by atoms with Crippen molar-refractivity contribution in [1.82, 2.24) is 20.0 Å². The summed E-state index contributed by atoms with van der Waals surface area (Å²) in [6, 6.07) is 8.03. The van der Waals surface area contributed by atoms with Gasteiger partial charge in [0.05, 0.1) is 6.42 Å². The van der Waals surface area contributed by atoms with Crippen LogP contribution in [-0.4, -0.2) is 57.5 Å². The number of rotatable bonds is 6. The highest BCUT2D eigenvalue weighted by Gasteiger charge is 2.55. The minimum atomic E-state index is -4.30. The van der Waals surface area contributed by atoms with Gasteiger partial charge < -0.3 is 20.3 Å². The van der Waals surface area contributed by atoms with Crippen LogP contribution in [0.5, 0.6) is 0 Å². The molecule has 1 saturated heterocycles. The molecule has 1 atom stereocenters. The third kappa shape index (κ3) is 5.02. The second-order valence-electron chi connectivity index (χ2n) is 11.0. The molecule has 0 amide bonds. The molecule has 0 radical (unpaired) electrons. The van der Waals surface area contributed by atoms with E-state index >= 15 is 0 Å². The van der Waals surface area contributed by atoms with Crippen LogP contribution in [0.3, 0.4) is 0 Å². The largest absolute Gasteiger partial charge is 0.393 e. The number of hydrogen-bond acceptors (Lipinski definition) is 7. The molecule has 1 aliphatic carbocycles. The first kappa shape index (κ1) is 25.8. The number of nitrogens with zero attached hydrogens (tertiary/aromatic N) is 4. The number of alkyl halides is 3. The smallest absolute Gasteiger partial charge is 0.380 e. The number of halogens is 3. The molecule has 3 heterocycles. The van der Waals surface area contributed by atoms with E-state index in [1.165, 1.54) is 12.1 Å². The van der Waals surface area contributed by atoms with E-state index in [2.05, 4.69) is 20.0 Å². The predicted octanol–water partition coefficient (Wildman–Crippen LogP) is 4.41. The van der Waals surface area contributed by atoms with Crippen molar-refractivity contribution in [1.29, 1.82) is 0 Å². The molecular weight excluding hydrogens is 483 g/mol. The fourth-order valence-electron chi connectivity index (χ4n) is 5.98. The molecular formula is C27H32F3N5O2. The molecule has 2 fully saturated rings. The third-order valence-corrected chi connectivity index (χ3v) is 7.86. The van der Waals surface area contributed by atoms with Crippen LogP contribution in [0.25, 0.3) is 11.4 Å². The molecule has 7 nitrogen and oxygen atoms in total. The summed E-state index contributed by atoms with van der Waals surface area (Å²) in [6.45, 7) is 3.19. The number of hydrogen-bond donors (Lipinski definition) is 2. The Morgan fingerprint density at radius 2 is 1.76 bits per heavy atom. The summed E-state index contributed by atoms with van der Waals surface area (Å²) in [6.07, 6.45) is 1.54. The molecule has 0 spiro atoms. The van der Waals surface area contributed by atoms with Crippen LogP contribution in [0.1, 0.15) is 61.1 Å². The molecule has 0 bridgehead atoms. The van der Waals surface area contributed by atoms with Crippen molar-refractivity contribution in [3.63, 3.8) is 0 Å². The average Bonchev–Trinajstić information content (AvgIpc) is 3.33. The van der Waals surface area contributed by atoms with E-state index in [1.54, 1.807) is 30.6 Å². The van der Waals surface area contributed by atoms with Gasteiger partial charge in [-0.25, -0.2) is 0 Å². The van der Waals surface area contributed by atoms with Crippen molar-refractivity contribution < 1.29 is 22.8 Å². The average molecular weight is 516 g/mol. The highest BCUT2D eigenvalue weighted by atomic mass is 19.4. The van der Waals surface area contributed by atoms with Gasteiger partial charge >= 0.3 is 6.18 Å². The quantitative estimate of drug-likeness (QED) is 0.502. The molecule has 3 aromatic rings. The molecule has 37 heavy (non-hydrogen) atoms. The number of aromatic nitrogens is 3. The summed E-state index contributed by atoms with van der Waals surface area (Å²) in [5.74, 6) is 1.14. The van der Waals surface area contributed by atoms with Crippen molar-refractivity contribution in [2.45, 2.75) is 62.8 Å². The Kier molecular flexibility index (Phi) is 6.62. The second-order valence-corrected chi connectivity index (χ2v) is 11.0. The molecule has 2 aliphatic rings. The van der Waals surface area contributed by atoms with Gasteiger partial charge in [-0.1, -0.05) is 36.3 Å². The maximum Gasteiger partial charge on any atom is 0.393 e. The zero-order chi connectivity index (χ0) is 26.4. The summed E-state index contributed by atoms with van der Waals surface area (Å²) < 4.78 is 44.3. The lowest BCUT2D eigenvalue weighted by Gasteiger charge is -2.55. The maximum atomic E-state index is 12.9. The highest BCUT2D eigenvalue weighted by molar-refractivity contribution is 5.56. The zero-order valence-electron chi connectivity index (χ0n) is 21.0. The molecule has 198 valence electrons. The van der Waals surface area contributed by atoms with Crippen molar-refractivity contribution in [2.75, 3.05) is 20.1 Å². The van der Waals surface area contributed by atoms with Gasteiger partial charge in [-0.3, -0.25) is 4.98 Å². The molecule has 5 rings (SSSR count). The SMILES string of the molecule is CN1CC(C)([C@](O)(c2ccc(CC(F)(F)F)cc2)c2cncc(-c3noc(C4CCC(N)CC4)n3)c2)C1. The number of aliphatic hydroxyl groups is 1. The maximum absolute atomic E-state index is 12.9. The molecule has 0 unspecified atom stereocenters. The fourth-order valence-corrected chi connectivity index (χ4v) is 5.98. The first-order valence-corrected chi connectivity index (χ1v) is 12.6. The highest BCUT2D eigenvalue weighted by Crippen LogP contribution is 2.50. The Morgan fingerprint density at radius 1 is 1.08 bits per heavy atom. The first-order chi connectivity index (χ1) is 17.5. The van der Waals surface area contributed by atoms with Crippen LogP contribution in [0.2, 0.25) is 0 Å². The van der Waals surface area contributed by atoms with E-state index in [9.17, 15) is 18.3 Å². The number of benzene rings is 1. The van der Waals surface area contributed by atoms with Crippen LogP contribution in [-0.2, 0) is 12.0 Å². The number of nitrogens with two attached hydrogens (primary N) is 1. The molecule has 1 saturated carbocycles. The van der Waals surface area contributed by atoms with Gasteiger partial charge in [-0.05, 0) is 49.9 Å². The van der Waals surface area contributed by atoms with Gasteiger partial charge in [0, 0.05) is 54.0 Å². The van der Waals surface area contributed by atoms with Gasteiger partial charge in [-0.15, -0.1) is 0 Å². The standard InChI is InChI=1S/C27H32F3N5O2/c1-25(15-35(2)16-25)27(36,20-7-3-17(4-8-20)12-26(28,29)30)21-11-19(13-32-14-21)23-33-24(37-34-23)18-5-9-22(31)10-6-18/h3-4,7-8,11,13-14,18,22,36H,5-6,9-10,12,15-16,31H2,1-2H3/t18?,22?,27-/m0/s1. The van der Waals surface area contributed by atoms with Crippen LogP contribution in [0, 0.1) is 5.41 Å². The van der Waals surface area contributed by atoms with Gasteiger partial charge in [0.2, 0.25) is 11.7 Å². The van der Waals surface area contributed by atoms with Gasteiger partial charge in [0.15, 0.2) is 0 Å². The Hall–Kier alpha value is -2.82. The molecule has 1 aromatic carbocycles. The Balaban J connectivity index is 1.48. The summed E-state index contributed by atoms with van der Waals surface area (Å²) in [5.41, 5.74) is 5.72. The zero-order valence-corrected chi connectivity index (χ0v) is 21.0. The molecule has 1 aliphatic heterocycles. The van der Waals surface area contributed by atoms with Crippen LogP contribution in [0.15, 0.2) is 47.2 Å². The minimum absolute atomic E-state index is 0.143. The summed E-state index contributed by atoms with van der Waals surface area (Å²) in [7, 11) is 1.96. The van der Waals surface area contributed by atoms with Gasteiger partial charge in [0.25, 0.3) is 0 Å². The monoisotopic (exact) mass is 515 g/mol. The van der Waals surface area contributed by atoms with Crippen LogP contribution < -0.4 is 5.73 Å².